The van der Waals surface area contributed by atoms with Crippen LogP contribution in [0.15, 0.2) is 188 Å². The van der Waals surface area contributed by atoms with Crippen LogP contribution in [0, 0.1) is 0 Å². The molecule has 0 aliphatic carbocycles. The van der Waals surface area contributed by atoms with Gasteiger partial charge in [0.2, 0.25) is 0 Å². The highest BCUT2D eigenvalue weighted by atomic mass is 32.1. The van der Waals surface area contributed by atoms with Crippen molar-refractivity contribution >= 4 is 63.0 Å². The summed E-state index contributed by atoms with van der Waals surface area (Å²) in [6.07, 6.45) is 3.73. The predicted octanol–water partition coefficient (Wildman–Crippen LogP) is 14.6. The van der Waals surface area contributed by atoms with Gasteiger partial charge in [0.15, 0.2) is 5.82 Å². The van der Waals surface area contributed by atoms with Crippen molar-refractivity contribution in [1.82, 2.24) is 15.0 Å². The van der Waals surface area contributed by atoms with Gasteiger partial charge < -0.3 is 0 Å². The summed E-state index contributed by atoms with van der Waals surface area (Å²) in [5.74, 6) is 0.684. The van der Waals surface area contributed by atoms with Crippen LogP contribution in [0.2, 0.25) is 0 Å². The molecule has 7 aromatic carbocycles. The SMILES string of the molecule is c1ccc(-c2nc(-c3cc(-c4cccc5c4sc4ccccc45)cc(-c4cccc5c4sc4ccccc45)c3)cc(-c3ccccc3-c3cccnc3)n2)cc1. The van der Waals surface area contributed by atoms with Gasteiger partial charge in [-0.25, -0.2) is 9.97 Å². The Morgan fingerprint density at radius 1 is 0.339 bits per heavy atom. The molecule has 0 radical (unpaired) electrons. The first-order valence-corrected chi connectivity index (χ1v) is 20.3. The summed E-state index contributed by atoms with van der Waals surface area (Å²) in [7, 11) is 0. The topological polar surface area (TPSA) is 38.7 Å². The molecule has 0 N–H and O–H groups in total. The second kappa shape index (κ2) is 13.5. The van der Waals surface area contributed by atoms with Crippen LogP contribution in [0.25, 0.3) is 108 Å². The third kappa shape index (κ3) is 5.60. The fraction of sp³-hybridized carbons (Fsp3) is 0. The quantitative estimate of drug-likeness (QED) is 0.170. The summed E-state index contributed by atoms with van der Waals surface area (Å²) in [6, 6.07) is 62.9. The van der Waals surface area contributed by atoms with Crippen LogP contribution in [0.4, 0.5) is 0 Å². The number of fused-ring (bicyclic) bond motifs is 6. The molecule has 0 spiro atoms. The van der Waals surface area contributed by atoms with Crippen LogP contribution >= 0.6 is 22.7 Å². The lowest BCUT2D eigenvalue weighted by atomic mass is 9.93. The first-order chi connectivity index (χ1) is 27.7. The molecule has 56 heavy (non-hydrogen) atoms. The zero-order valence-corrected chi connectivity index (χ0v) is 31.7. The molecular formula is C51H31N3S2. The maximum absolute atomic E-state index is 5.35. The Balaban J connectivity index is 1.19. The molecule has 4 aromatic heterocycles. The van der Waals surface area contributed by atoms with Gasteiger partial charge in [0.25, 0.3) is 0 Å². The summed E-state index contributed by atoms with van der Waals surface area (Å²) < 4.78 is 5.16. The van der Waals surface area contributed by atoms with Crippen molar-refractivity contribution in [3.05, 3.63) is 188 Å². The molecule has 3 nitrogen and oxygen atoms in total. The monoisotopic (exact) mass is 749 g/mol. The van der Waals surface area contributed by atoms with E-state index in [-0.39, 0.29) is 0 Å². The highest BCUT2D eigenvalue weighted by Crippen LogP contribution is 2.45. The van der Waals surface area contributed by atoms with Crippen molar-refractivity contribution in [2.45, 2.75) is 0 Å². The predicted molar refractivity (Wildman–Crippen MR) is 238 cm³/mol. The average molecular weight is 750 g/mol. The molecular weight excluding hydrogens is 719 g/mol. The van der Waals surface area contributed by atoms with E-state index in [1.807, 2.05) is 59.3 Å². The number of pyridine rings is 1. The van der Waals surface area contributed by atoms with Crippen molar-refractivity contribution < 1.29 is 0 Å². The Morgan fingerprint density at radius 2 is 0.857 bits per heavy atom. The number of benzene rings is 7. The van der Waals surface area contributed by atoms with E-state index < -0.39 is 0 Å². The van der Waals surface area contributed by atoms with Gasteiger partial charge in [-0.3, -0.25) is 4.98 Å². The smallest absolute Gasteiger partial charge is 0.160 e. The van der Waals surface area contributed by atoms with Gasteiger partial charge in [-0.2, -0.15) is 0 Å². The van der Waals surface area contributed by atoms with Crippen molar-refractivity contribution in [3.63, 3.8) is 0 Å². The van der Waals surface area contributed by atoms with Crippen LogP contribution in [0.1, 0.15) is 0 Å². The van der Waals surface area contributed by atoms with Gasteiger partial charge in [0.05, 0.1) is 11.4 Å². The van der Waals surface area contributed by atoms with Gasteiger partial charge in [-0.05, 0) is 70.3 Å². The van der Waals surface area contributed by atoms with Crippen LogP contribution in [-0.2, 0) is 0 Å². The minimum Gasteiger partial charge on any atom is -0.264 e. The Kier molecular flexibility index (Phi) is 7.87. The molecule has 0 saturated heterocycles. The van der Waals surface area contributed by atoms with E-state index in [0.717, 1.165) is 50.3 Å². The van der Waals surface area contributed by atoms with Crippen molar-refractivity contribution in [2.75, 3.05) is 0 Å². The average Bonchev–Trinajstić information content (AvgIpc) is 3.85. The summed E-state index contributed by atoms with van der Waals surface area (Å²) >= 11 is 3.72. The molecule has 0 atom stereocenters. The summed E-state index contributed by atoms with van der Waals surface area (Å²) in [6.45, 7) is 0. The lowest BCUT2D eigenvalue weighted by Crippen LogP contribution is -1.97. The van der Waals surface area contributed by atoms with E-state index in [2.05, 4.69) is 157 Å². The molecule has 262 valence electrons. The summed E-state index contributed by atoms with van der Waals surface area (Å²) in [5, 5.41) is 5.15. The van der Waals surface area contributed by atoms with E-state index in [0.29, 0.717) is 5.82 Å². The molecule has 0 amide bonds. The van der Waals surface area contributed by atoms with Gasteiger partial charge in [-0.15, -0.1) is 22.7 Å². The van der Waals surface area contributed by atoms with E-state index >= 15 is 0 Å². The van der Waals surface area contributed by atoms with Gasteiger partial charge >= 0.3 is 0 Å². The lowest BCUT2D eigenvalue weighted by molar-refractivity contribution is 1.18. The Labute approximate surface area is 331 Å². The van der Waals surface area contributed by atoms with E-state index in [1.165, 1.54) is 51.5 Å². The van der Waals surface area contributed by atoms with Crippen LogP contribution in [-0.4, -0.2) is 15.0 Å². The van der Waals surface area contributed by atoms with Crippen molar-refractivity contribution in [3.8, 4) is 67.3 Å². The molecule has 0 saturated carbocycles. The minimum atomic E-state index is 0.684. The number of hydrogen-bond donors (Lipinski definition) is 0. The van der Waals surface area contributed by atoms with Crippen molar-refractivity contribution in [1.29, 1.82) is 0 Å². The molecule has 4 heterocycles. The molecule has 11 rings (SSSR count). The van der Waals surface area contributed by atoms with Crippen LogP contribution in [0.5, 0.6) is 0 Å². The zero-order chi connectivity index (χ0) is 37.0. The molecule has 0 fully saturated rings. The normalized spacial score (nSPS) is 11.6. The molecule has 5 heteroatoms. The fourth-order valence-electron chi connectivity index (χ4n) is 7.97. The number of rotatable bonds is 6. The zero-order valence-electron chi connectivity index (χ0n) is 30.1. The number of thiophene rings is 2. The number of aromatic nitrogens is 3. The molecule has 0 aliphatic heterocycles. The second-order valence-electron chi connectivity index (χ2n) is 14.0. The fourth-order valence-corrected chi connectivity index (χ4v) is 10.4. The van der Waals surface area contributed by atoms with Crippen LogP contribution in [0.3, 0.4) is 0 Å². The molecule has 0 aliphatic rings. The first-order valence-electron chi connectivity index (χ1n) is 18.7. The molecule has 0 unspecified atom stereocenters. The third-order valence-corrected chi connectivity index (χ3v) is 13.0. The highest BCUT2D eigenvalue weighted by molar-refractivity contribution is 7.26. The van der Waals surface area contributed by atoms with Gasteiger partial charge in [0.1, 0.15) is 0 Å². The number of hydrogen-bond acceptors (Lipinski definition) is 5. The van der Waals surface area contributed by atoms with Crippen molar-refractivity contribution in [2.24, 2.45) is 0 Å². The van der Waals surface area contributed by atoms with Gasteiger partial charge in [0, 0.05) is 75.0 Å². The van der Waals surface area contributed by atoms with E-state index in [9.17, 15) is 0 Å². The largest absolute Gasteiger partial charge is 0.264 e. The van der Waals surface area contributed by atoms with E-state index in [1.54, 1.807) is 0 Å². The van der Waals surface area contributed by atoms with E-state index in [4.69, 9.17) is 9.97 Å². The maximum atomic E-state index is 5.35. The molecule has 11 aromatic rings. The standard InChI is InChI=1S/C51H31N3S2/c1-2-13-32(14-3-1)51-53-45(30-46(54-51)40-17-5-4-16-37(40)33-15-12-26-52-31-33)36-28-34(38-20-10-22-43-41-18-6-8-24-47(41)55-49(38)43)27-35(29-36)39-21-11-23-44-42-19-7-9-25-48(42)56-50(39)44/h1-31H. The maximum Gasteiger partial charge on any atom is 0.160 e. The third-order valence-electron chi connectivity index (χ3n) is 10.6. The Morgan fingerprint density at radius 3 is 1.50 bits per heavy atom. The van der Waals surface area contributed by atoms with Crippen LogP contribution < -0.4 is 0 Å². The Bertz CT molecular complexity index is 3120. The molecule has 0 bridgehead atoms. The summed E-state index contributed by atoms with van der Waals surface area (Å²) in [5.41, 5.74) is 11.6. The highest BCUT2D eigenvalue weighted by Gasteiger charge is 2.19. The minimum absolute atomic E-state index is 0.684. The second-order valence-corrected chi connectivity index (χ2v) is 16.1. The first kappa shape index (κ1) is 32.6. The van der Waals surface area contributed by atoms with Gasteiger partial charge in [-0.1, -0.05) is 133 Å². The summed E-state index contributed by atoms with van der Waals surface area (Å²) in [4.78, 5) is 15.0. The number of nitrogens with zero attached hydrogens (tertiary/aromatic N) is 3. The lowest BCUT2D eigenvalue weighted by Gasteiger charge is -2.15. The Hall–Kier alpha value is -6.79.